The van der Waals surface area contributed by atoms with Crippen LogP contribution in [0.4, 0.5) is 0 Å². The van der Waals surface area contributed by atoms with E-state index in [1.807, 2.05) is 27.7 Å². The maximum absolute atomic E-state index is 2.52. The molecule has 0 aromatic heterocycles. The van der Waals surface area contributed by atoms with E-state index in [0.717, 1.165) is 28.9 Å². The van der Waals surface area contributed by atoms with Crippen LogP contribution in [0.1, 0.15) is 80.6 Å². The maximum atomic E-state index is 2.52. The van der Waals surface area contributed by atoms with E-state index in [1.54, 1.807) is 12.8 Å². The lowest BCUT2D eigenvalue weighted by molar-refractivity contribution is 0.238. The number of fused-ring (bicyclic) bond motifs is 2. The van der Waals surface area contributed by atoms with E-state index in [1.165, 1.54) is 25.0 Å². The standard InChI is InChI=1S/C14H26S.2C2H6/c1-4-6-7-15-14-9-11-8-13(14)10(3)12(11)5-2;2*1-2/h10-14H,4-9H2,1-3H3;2*1-2H3. The van der Waals surface area contributed by atoms with Crippen molar-refractivity contribution < 1.29 is 0 Å². The first-order valence-corrected chi connectivity index (χ1v) is 9.94. The van der Waals surface area contributed by atoms with E-state index in [0.29, 0.717) is 0 Å². The van der Waals surface area contributed by atoms with Gasteiger partial charge in [0.15, 0.2) is 0 Å². The van der Waals surface area contributed by atoms with Crippen molar-refractivity contribution in [2.45, 2.75) is 85.8 Å². The molecule has 5 unspecified atom stereocenters. The molecule has 0 amide bonds. The highest BCUT2D eigenvalue weighted by atomic mass is 32.2. The van der Waals surface area contributed by atoms with Gasteiger partial charge >= 0.3 is 0 Å². The molecule has 0 aromatic carbocycles. The van der Waals surface area contributed by atoms with Crippen LogP contribution in [0.5, 0.6) is 0 Å². The number of hydrogen-bond donors (Lipinski definition) is 0. The van der Waals surface area contributed by atoms with Crippen molar-refractivity contribution in [2.24, 2.45) is 23.7 Å². The summed E-state index contributed by atoms with van der Waals surface area (Å²) in [7, 11) is 0. The average Bonchev–Trinajstić information content (AvgIpc) is 3.01. The van der Waals surface area contributed by atoms with Gasteiger partial charge in [-0.25, -0.2) is 0 Å². The fourth-order valence-corrected chi connectivity index (χ4v) is 5.74. The van der Waals surface area contributed by atoms with E-state index in [2.05, 4.69) is 32.5 Å². The highest BCUT2D eigenvalue weighted by molar-refractivity contribution is 7.99. The third kappa shape index (κ3) is 4.99. The molecule has 116 valence electrons. The van der Waals surface area contributed by atoms with Crippen molar-refractivity contribution in [3.8, 4) is 0 Å². The smallest absolute Gasteiger partial charge is 0.00808 e. The Morgan fingerprint density at radius 2 is 1.63 bits per heavy atom. The van der Waals surface area contributed by atoms with E-state index in [9.17, 15) is 0 Å². The highest BCUT2D eigenvalue weighted by Crippen LogP contribution is 2.56. The summed E-state index contributed by atoms with van der Waals surface area (Å²) in [5, 5.41) is 1.03. The summed E-state index contributed by atoms with van der Waals surface area (Å²) in [4.78, 5) is 0. The van der Waals surface area contributed by atoms with E-state index >= 15 is 0 Å². The third-order valence-corrected chi connectivity index (χ3v) is 6.34. The Balaban J connectivity index is 0.000000741. The molecule has 1 heteroatoms. The summed E-state index contributed by atoms with van der Waals surface area (Å²) in [5.41, 5.74) is 0. The Morgan fingerprint density at radius 1 is 1.00 bits per heavy atom. The number of hydrogen-bond acceptors (Lipinski definition) is 1. The van der Waals surface area contributed by atoms with Gasteiger partial charge in [-0.3, -0.25) is 0 Å². The van der Waals surface area contributed by atoms with Gasteiger partial charge in [-0.05, 0) is 48.7 Å². The van der Waals surface area contributed by atoms with Crippen LogP contribution in [0.25, 0.3) is 0 Å². The van der Waals surface area contributed by atoms with Crippen LogP contribution in [0.15, 0.2) is 0 Å². The van der Waals surface area contributed by atoms with Crippen LogP contribution < -0.4 is 0 Å². The molecule has 2 fully saturated rings. The molecule has 0 spiro atoms. The molecule has 2 saturated carbocycles. The second-order valence-electron chi connectivity index (χ2n) is 5.59. The van der Waals surface area contributed by atoms with Gasteiger partial charge in [0.2, 0.25) is 0 Å². The summed E-state index contributed by atoms with van der Waals surface area (Å²) in [5.74, 6) is 5.66. The van der Waals surface area contributed by atoms with Crippen LogP contribution in [0.3, 0.4) is 0 Å². The molecule has 0 heterocycles. The fourth-order valence-electron chi connectivity index (χ4n) is 4.00. The molecular formula is C18H38S. The molecule has 0 aliphatic heterocycles. The van der Waals surface area contributed by atoms with Crippen LogP contribution in [-0.2, 0) is 0 Å². The van der Waals surface area contributed by atoms with Gasteiger partial charge in [-0.1, -0.05) is 61.3 Å². The predicted octanol–water partition coefficient (Wildman–Crippen LogP) is 6.64. The van der Waals surface area contributed by atoms with E-state index in [4.69, 9.17) is 0 Å². The van der Waals surface area contributed by atoms with Crippen LogP contribution in [0, 0.1) is 23.7 Å². The minimum atomic E-state index is 1.02. The van der Waals surface area contributed by atoms with Gasteiger partial charge in [0.05, 0.1) is 0 Å². The first kappa shape index (κ1) is 19.4. The molecule has 0 aromatic rings. The van der Waals surface area contributed by atoms with Crippen molar-refractivity contribution in [2.75, 3.05) is 5.75 Å². The van der Waals surface area contributed by atoms with Crippen LogP contribution >= 0.6 is 11.8 Å². The summed E-state index contributed by atoms with van der Waals surface area (Å²) in [6, 6.07) is 0. The van der Waals surface area contributed by atoms with Crippen LogP contribution in [-0.4, -0.2) is 11.0 Å². The zero-order valence-corrected chi connectivity index (χ0v) is 15.4. The van der Waals surface area contributed by atoms with Crippen molar-refractivity contribution in [1.82, 2.24) is 0 Å². The molecule has 2 aliphatic rings. The number of thioether (sulfide) groups is 1. The first-order chi connectivity index (χ1) is 9.27. The summed E-state index contributed by atoms with van der Waals surface area (Å²) >= 11 is 2.29. The monoisotopic (exact) mass is 286 g/mol. The fraction of sp³-hybridized carbons (Fsp3) is 1.00. The van der Waals surface area contributed by atoms with Crippen molar-refractivity contribution in [1.29, 1.82) is 0 Å². The molecule has 0 N–H and O–H groups in total. The quantitative estimate of drug-likeness (QED) is 0.510. The summed E-state index contributed by atoms with van der Waals surface area (Å²) in [6.45, 7) is 15.2. The highest BCUT2D eigenvalue weighted by Gasteiger charge is 2.49. The van der Waals surface area contributed by atoms with E-state index < -0.39 is 0 Å². The molecule has 5 atom stereocenters. The average molecular weight is 287 g/mol. The zero-order chi connectivity index (χ0) is 14.8. The van der Waals surface area contributed by atoms with Gasteiger partial charge in [-0.2, -0.15) is 11.8 Å². The Morgan fingerprint density at radius 3 is 2.11 bits per heavy atom. The van der Waals surface area contributed by atoms with Gasteiger partial charge in [0, 0.05) is 5.25 Å². The third-order valence-electron chi connectivity index (χ3n) is 4.84. The predicted molar refractivity (Wildman–Crippen MR) is 93.0 cm³/mol. The molecular weight excluding hydrogens is 248 g/mol. The maximum Gasteiger partial charge on any atom is 0.00808 e. The van der Waals surface area contributed by atoms with Crippen molar-refractivity contribution >= 4 is 11.8 Å². The van der Waals surface area contributed by atoms with Crippen LogP contribution in [0.2, 0.25) is 0 Å². The molecule has 2 bridgehead atoms. The SMILES string of the molecule is CC.CC.CCCCSC1CC2CC1C(C)C2CC. The van der Waals surface area contributed by atoms with Gasteiger partial charge in [0.1, 0.15) is 0 Å². The topological polar surface area (TPSA) is 0 Å². The lowest BCUT2D eigenvalue weighted by atomic mass is 9.79. The largest absolute Gasteiger partial charge is 0.158 e. The second-order valence-corrected chi connectivity index (χ2v) is 6.94. The second kappa shape index (κ2) is 11.1. The molecule has 0 radical (unpaired) electrons. The van der Waals surface area contributed by atoms with Gasteiger partial charge in [0.25, 0.3) is 0 Å². The first-order valence-electron chi connectivity index (χ1n) is 8.89. The Hall–Kier alpha value is 0.350. The summed E-state index contributed by atoms with van der Waals surface area (Å²) < 4.78 is 0. The Bertz CT molecular complexity index is 200. The van der Waals surface area contributed by atoms with E-state index in [-0.39, 0.29) is 0 Å². The van der Waals surface area contributed by atoms with Gasteiger partial charge in [-0.15, -0.1) is 0 Å². The zero-order valence-electron chi connectivity index (χ0n) is 14.5. The molecule has 0 saturated heterocycles. The van der Waals surface area contributed by atoms with Crippen molar-refractivity contribution in [3.63, 3.8) is 0 Å². The number of rotatable bonds is 5. The van der Waals surface area contributed by atoms with Gasteiger partial charge < -0.3 is 0 Å². The number of unbranched alkanes of at least 4 members (excludes halogenated alkanes) is 1. The summed E-state index contributed by atoms with van der Waals surface area (Å²) in [6.07, 6.45) is 7.31. The Kier molecular flexibility index (Phi) is 11.3. The Labute approximate surface area is 127 Å². The normalized spacial score (nSPS) is 35.2. The van der Waals surface area contributed by atoms with Crippen molar-refractivity contribution in [3.05, 3.63) is 0 Å². The molecule has 2 aliphatic carbocycles. The molecule has 19 heavy (non-hydrogen) atoms. The molecule has 0 nitrogen and oxygen atoms in total. The minimum Gasteiger partial charge on any atom is -0.158 e. The lowest BCUT2D eigenvalue weighted by Gasteiger charge is -2.33. The molecule has 2 rings (SSSR count). The lowest BCUT2D eigenvalue weighted by Crippen LogP contribution is -2.27. The minimum absolute atomic E-state index is 1.02.